The van der Waals surface area contributed by atoms with Crippen molar-refractivity contribution < 1.29 is 9.59 Å². The minimum atomic E-state index is -0.470. The third-order valence-electron chi connectivity index (χ3n) is 5.87. The van der Waals surface area contributed by atoms with E-state index in [0.717, 1.165) is 48.7 Å². The van der Waals surface area contributed by atoms with Crippen LogP contribution >= 0.6 is 0 Å². The van der Waals surface area contributed by atoms with Crippen LogP contribution in [-0.4, -0.2) is 52.5 Å². The molecule has 7 heteroatoms. The summed E-state index contributed by atoms with van der Waals surface area (Å²) in [7, 11) is 0. The molecule has 0 atom stereocenters. The maximum absolute atomic E-state index is 12.7. The molecule has 0 spiro atoms. The smallest absolute Gasteiger partial charge is 0.250 e. The molecule has 0 saturated carbocycles. The number of hydrogen-bond donors (Lipinski definition) is 2. The Bertz CT molecular complexity index is 957. The summed E-state index contributed by atoms with van der Waals surface area (Å²) < 4.78 is 1.85. The van der Waals surface area contributed by atoms with Crippen LogP contribution < -0.4 is 11.1 Å². The molecule has 2 aromatic rings. The van der Waals surface area contributed by atoms with Gasteiger partial charge < -0.3 is 16.0 Å². The number of likely N-dealkylation sites (N-methyl/N-ethyl adjacent to an activating group) is 1. The second kappa shape index (κ2) is 8.60. The molecule has 0 fully saturated rings. The molecule has 1 aromatic carbocycles. The first-order valence-electron chi connectivity index (χ1n) is 10.7. The molecule has 0 bridgehead atoms. The zero-order valence-electron chi connectivity index (χ0n) is 18.7. The summed E-state index contributed by atoms with van der Waals surface area (Å²) in [6, 6.07) is 5.48. The van der Waals surface area contributed by atoms with Crippen LogP contribution in [0.3, 0.4) is 0 Å². The quantitative estimate of drug-likeness (QED) is 0.696. The van der Waals surface area contributed by atoms with E-state index in [2.05, 4.69) is 43.0 Å². The van der Waals surface area contributed by atoms with Gasteiger partial charge in [0.25, 0.3) is 5.91 Å². The van der Waals surface area contributed by atoms with E-state index >= 15 is 0 Å². The molecule has 162 valence electrons. The van der Waals surface area contributed by atoms with E-state index in [1.165, 1.54) is 0 Å². The standard InChI is InChI=1S/C23H33N5O2/c1-6-27(7-2)11-10-25-18-12-16(8-9-17(18)22(24)30)28-19-13-23(4,5)14-20(29)21(19)15(3)26-28/h8-9,12,25H,6-7,10-11,13-14H2,1-5H3,(H2,24,30). The first-order chi connectivity index (χ1) is 14.2. The Morgan fingerprint density at radius 2 is 1.97 bits per heavy atom. The van der Waals surface area contributed by atoms with Gasteiger partial charge in [-0.25, -0.2) is 4.68 Å². The third kappa shape index (κ3) is 4.41. The average molecular weight is 412 g/mol. The number of fused-ring (bicyclic) bond motifs is 1. The van der Waals surface area contributed by atoms with Crippen LogP contribution in [0.1, 0.15) is 66.2 Å². The molecule has 0 aliphatic heterocycles. The number of aryl methyl sites for hydroxylation is 1. The monoisotopic (exact) mass is 411 g/mol. The fourth-order valence-corrected chi connectivity index (χ4v) is 4.27. The first kappa shape index (κ1) is 22.0. The van der Waals surface area contributed by atoms with Crippen molar-refractivity contribution in [3.05, 3.63) is 40.7 Å². The SMILES string of the molecule is CCN(CC)CCNc1cc(-n2nc(C)c3c2CC(C)(C)CC3=O)ccc1C(N)=O. The van der Waals surface area contributed by atoms with Gasteiger partial charge in [-0.3, -0.25) is 9.59 Å². The van der Waals surface area contributed by atoms with Crippen molar-refractivity contribution in [1.29, 1.82) is 0 Å². The van der Waals surface area contributed by atoms with Crippen LogP contribution in [0.4, 0.5) is 5.69 Å². The number of benzene rings is 1. The summed E-state index contributed by atoms with van der Waals surface area (Å²) in [5, 5.41) is 8.04. The summed E-state index contributed by atoms with van der Waals surface area (Å²) in [6.07, 6.45) is 1.31. The lowest BCUT2D eigenvalue weighted by atomic mass is 9.75. The van der Waals surface area contributed by atoms with Crippen LogP contribution in [-0.2, 0) is 6.42 Å². The number of carbonyl (C=O) groups is 2. The van der Waals surface area contributed by atoms with Crippen LogP contribution in [0.2, 0.25) is 0 Å². The lowest BCUT2D eigenvalue weighted by molar-refractivity contribution is 0.0909. The number of nitrogens with one attached hydrogen (secondary N) is 1. The van der Waals surface area contributed by atoms with Gasteiger partial charge in [-0.05, 0) is 50.0 Å². The fourth-order valence-electron chi connectivity index (χ4n) is 4.27. The number of ketones is 1. The number of amides is 1. The Labute approximate surface area is 178 Å². The Balaban J connectivity index is 1.97. The third-order valence-corrected chi connectivity index (χ3v) is 5.87. The largest absolute Gasteiger partial charge is 0.383 e. The fraction of sp³-hybridized carbons (Fsp3) is 0.522. The van der Waals surface area contributed by atoms with Gasteiger partial charge in [-0.2, -0.15) is 5.10 Å². The number of rotatable bonds is 8. The topological polar surface area (TPSA) is 93.2 Å². The molecule has 1 heterocycles. The second-order valence-electron chi connectivity index (χ2n) is 8.81. The van der Waals surface area contributed by atoms with E-state index in [-0.39, 0.29) is 11.2 Å². The molecule has 7 nitrogen and oxygen atoms in total. The molecule has 30 heavy (non-hydrogen) atoms. The molecule has 0 radical (unpaired) electrons. The molecule has 0 saturated heterocycles. The van der Waals surface area contributed by atoms with Crippen molar-refractivity contribution >= 4 is 17.4 Å². The van der Waals surface area contributed by atoms with Gasteiger partial charge in [0, 0.05) is 25.2 Å². The Kier molecular flexibility index (Phi) is 6.31. The summed E-state index contributed by atoms with van der Waals surface area (Å²) in [6.45, 7) is 13.9. The first-order valence-corrected chi connectivity index (χ1v) is 10.7. The van der Waals surface area contributed by atoms with Crippen LogP contribution in [0.15, 0.2) is 18.2 Å². The van der Waals surface area contributed by atoms with E-state index in [4.69, 9.17) is 5.73 Å². The van der Waals surface area contributed by atoms with Crippen molar-refractivity contribution in [2.24, 2.45) is 11.1 Å². The van der Waals surface area contributed by atoms with Crippen molar-refractivity contribution in [2.45, 2.75) is 47.5 Å². The van der Waals surface area contributed by atoms with Crippen molar-refractivity contribution in [3.8, 4) is 5.69 Å². The summed E-state index contributed by atoms with van der Waals surface area (Å²) in [5.74, 6) is -0.321. The number of Topliss-reactive ketones (excluding diaryl/α,β-unsaturated/α-hetero) is 1. The minimum absolute atomic E-state index is 0.105. The van der Waals surface area contributed by atoms with Crippen molar-refractivity contribution in [1.82, 2.24) is 14.7 Å². The summed E-state index contributed by atoms with van der Waals surface area (Å²) in [4.78, 5) is 27.0. The predicted octanol–water partition coefficient (Wildman–Crippen LogP) is 3.19. The second-order valence-corrected chi connectivity index (χ2v) is 8.81. The summed E-state index contributed by atoms with van der Waals surface area (Å²) >= 11 is 0. The summed E-state index contributed by atoms with van der Waals surface area (Å²) in [5.41, 5.74) is 9.89. The molecule has 1 amide bonds. The number of nitrogens with two attached hydrogens (primary N) is 1. The maximum Gasteiger partial charge on any atom is 0.250 e. The van der Waals surface area contributed by atoms with Crippen LogP contribution in [0.5, 0.6) is 0 Å². The highest BCUT2D eigenvalue weighted by atomic mass is 16.1. The Morgan fingerprint density at radius 3 is 2.60 bits per heavy atom. The van der Waals surface area contributed by atoms with E-state index in [1.807, 2.05) is 23.7 Å². The van der Waals surface area contributed by atoms with Crippen LogP contribution in [0, 0.1) is 12.3 Å². The van der Waals surface area contributed by atoms with Gasteiger partial charge >= 0.3 is 0 Å². The molecule has 3 rings (SSSR count). The Hall–Kier alpha value is -2.67. The highest BCUT2D eigenvalue weighted by molar-refractivity contribution is 6.00. The zero-order valence-corrected chi connectivity index (χ0v) is 18.7. The molecule has 3 N–H and O–H groups in total. The number of nitrogens with zero attached hydrogens (tertiary/aromatic N) is 3. The van der Waals surface area contributed by atoms with E-state index in [0.29, 0.717) is 24.2 Å². The molecular weight excluding hydrogens is 378 g/mol. The number of primary amides is 1. The lowest BCUT2D eigenvalue weighted by Gasteiger charge is -2.29. The average Bonchev–Trinajstić information content (AvgIpc) is 3.00. The predicted molar refractivity (Wildman–Crippen MR) is 120 cm³/mol. The van der Waals surface area contributed by atoms with Crippen molar-refractivity contribution in [3.63, 3.8) is 0 Å². The van der Waals surface area contributed by atoms with E-state index < -0.39 is 5.91 Å². The lowest BCUT2D eigenvalue weighted by Crippen LogP contribution is -2.29. The van der Waals surface area contributed by atoms with Gasteiger partial charge in [0.05, 0.1) is 28.2 Å². The van der Waals surface area contributed by atoms with Crippen LogP contribution in [0.25, 0.3) is 5.69 Å². The van der Waals surface area contributed by atoms with Gasteiger partial charge in [0.15, 0.2) is 5.78 Å². The Morgan fingerprint density at radius 1 is 1.27 bits per heavy atom. The van der Waals surface area contributed by atoms with Gasteiger partial charge in [-0.15, -0.1) is 0 Å². The molecule has 1 aromatic heterocycles. The zero-order chi connectivity index (χ0) is 22.1. The van der Waals surface area contributed by atoms with Gasteiger partial charge in [0.1, 0.15) is 0 Å². The number of hydrogen-bond acceptors (Lipinski definition) is 5. The van der Waals surface area contributed by atoms with E-state index in [1.54, 1.807) is 6.07 Å². The minimum Gasteiger partial charge on any atom is -0.383 e. The maximum atomic E-state index is 12.7. The van der Waals surface area contributed by atoms with Gasteiger partial charge in [-0.1, -0.05) is 27.7 Å². The van der Waals surface area contributed by atoms with Gasteiger partial charge in [0.2, 0.25) is 0 Å². The molecule has 1 aliphatic rings. The van der Waals surface area contributed by atoms with Crippen molar-refractivity contribution in [2.75, 3.05) is 31.5 Å². The normalized spacial score (nSPS) is 15.3. The highest BCUT2D eigenvalue weighted by Crippen LogP contribution is 2.37. The number of aromatic nitrogens is 2. The highest BCUT2D eigenvalue weighted by Gasteiger charge is 2.35. The molecule has 1 aliphatic carbocycles. The molecule has 0 unspecified atom stereocenters. The van der Waals surface area contributed by atoms with E-state index in [9.17, 15) is 9.59 Å². The number of anilines is 1. The molecular formula is C23H33N5O2. The number of carbonyl (C=O) groups excluding carboxylic acids is 2.